The molecule has 0 saturated carbocycles. The molecule has 0 radical (unpaired) electrons. The van der Waals surface area contributed by atoms with Crippen LogP contribution in [0.5, 0.6) is 0 Å². The SMILES string of the molecule is CCOC(=O)c1c(C)nc2[n+](c1-c1ccccc1)C(=O)C(=Cc1ccc(-c3ccc([N+](=O)[O-])cc3C)o1)S2. The molecule has 2 aromatic heterocycles. The van der Waals surface area contributed by atoms with Crippen molar-refractivity contribution < 1.29 is 28.2 Å². The van der Waals surface area contributed by atoms with Crippen LogP contribution in [0, 0.1) is 24.0 Å². The molecule has 1 aliphatic heterocycles. The molecule has 3 heterocycles. The number of aromatic nitrogens is 2. The van der Waals surface area contributed by atoms with Crippen LogP contribution in [0.25, 0.3) is 28.7 Å². The number of fused-ring (bicyclic) bond motifs is 1. The molecule has 1 aliphatic rings. The first-order valence-electron chi connectivity index (χ1n) is 11.8. The minimum Gasteiger partial charge on any atom is -0.462 e. The van der Waals surface area contributed by atoms with Crippen molar-refractivity contribution >= 4 is 35.4 Å². The minimum atomic E-state index is -0.545. The zero-order valence-corrected chi connectivity index (χ0v) is 21.6. The second-order valence-electron chi connectivity index (χ2n) is 8.50. The monoisotopic (exact) mass is 528 g/mol. The summed E-state index contributed by atoms with van der Waals surface area (Å²) in [5, 5.41) is 11.5. The molecule has 0 N–H and O–H groups in total. The predicted molar refractivity (Wildman–Crippen MR) is 141 cm³/mol. The van der Waals surface area contributed by atoms with E-state index in [1.807, 2.05) is 30.3 Å². The maximum absolute atomic E-state index is 13.6. The Kier molecular flexibility index (Phi) is 6.64. The Hall–Kier alpha value is -4.57. The van der Waals surface area contributed by atoms with Crippen LogP contribution in [0.15, 0.2) is 75.1 Å². The summed E-state index contributed by atoms with van der Waals surface area (Å²) in [6.07, 6.45) is 1.63. The number of nitro groups is 1. The van der Waals surface area contributed by atoms with Crippen LogP contribution in [0.1, 0.15) is 39.1 Å². The van der Waals surface area contributed by atoms with Crippen molar-refractivity contribution in [2.24, 2.45) is 0 Å². The maximum Gasteiger partial charge on any atom is 0.372 e. The molecule has 0 atom stereocenters. The van der Waals surface area contributed by atoms with Gasteiger partial charge in [0.1, 0.15) is 16.4 Å². The standard InChI is InChI=1S/C28H22N3O6S/c1-4-36-27(33)24-17(3)29-28-30(25(24)18-8-6-5-7-9-18)26(32)23(38-28)15-20-11-13-22(37-20)21-12-10-19(31(34)35)14-16(21)2/h5-15H,4H2,1-3H3/q+1. The van der Waals surface area contributed by atoms with Crippen molar-refractivity contribution in [2.45, 2.75) is 25.9 Å². The summed E-state index contributed by atoms with van der Waals surface area (Å²) in [6, 6.07) is 17.2. The van der Waals surface area contributed by atoms with Crippen molar-refractivity contribution in [1.82, 2.24) is 4.98 Å². The molecule has 9 nitrogen and oxygen atoms in total. The number of carbonyl (C=O) groups is 2. The third-order valence-corrected chi connectivity index (χ3v) is 6.97. The van der Waals surface area contributed by atoms with Gasteiger partial charge in [0.15, 0.2) is 17.0 Å². The highest BCUT2D eigenvalue weighted by Crippen LogP contribution is 2.36. The van der Waals surface area contributed by atoms with Gasteiger partial charge < -0.3 is 9.15 Å². The zero-order valence-electron chi connectivity index (χ0n) is 20.8. The van der Waals surface area contributed by atoms with Crippen LogP contribution in [-0.4, -0.2) is 28.4 Å². The van der Waals surface area contributed by atoms with E-state index in [0.717, 1.165) is 0 Å². The first kappa shape index (κ1) is 25.1. The summed E-state index contributed by atoms with van der Waals surface area (Å²) in [6.45, 7) is 5.41. The van der Waals surface area contributed by atoms with E-state index in [0.29, 0.717) is 49.7 Å². The highest BCUT2D eigenvalue weighted by Gasteiger charge is 2.42. The number of rotatable bonds is 6. The van der Waals surface area contributed by atoms with Crippen LogP contribution in [0.4, 0.5) is 5.69 Å². The van der Waals surface area contributed by atoms with Gasteiger partial charge in [0.05, 0.1) is 11.5 Å². The lowest BCUT2D eigenvalue weighted by Gasteiger charge is -2.10. The molecule has 10 heteroatoms. The number of hydrogen-bond donors (Lipinski definition) is 0. The molecule has 0 fully saturated rings. The van der Waals surface area contributed by atoms with E-state index in [2.05, 4.69) is 4.98 Å². The van der Waals surface area contributed by atoms with E-state index in [9.17, 15) is 19.7 Å². The molecule has 0 spiro atoms. The molecule has 4 aromatic rings. The fraction of sp³-hybridized carbons (Fsp3) is 0.143. The van der Waals surface area contributed by atoms with Gasteiger partial charge in [-0.15, -0.1) is 4.57 Å². The fourth-order valence-electron chi connectivity index (χ4n) is 4.29. The Bertz CT molecular complexity index is 1640. The largest absolute Gasteiger partial charge is 0.462 e. The number of allylic oxidation sites excluding steroid dienone is 1. The Morgan fingerprint density at radius 1 is 1.16 bits per heavy atom. The number of nitro benzene ring substituents is 1. The van der Waals surface area contributed by atoms with Crippen LogP contribution < -0.4 is 4.57 Å². The Balaban J connectivity index is 1.55. The van der Waals surface area contributed by atoms with Crippen molar-refractivity contribution in [3.8, 4) is 22.6 Å². The highest BCUT2D eigenvalue weighted by atomic mass is 32.2. The van der Waals surface area contributed by atoms with E-state index < -0.39 is 10.9 Å². The molecule has 0 bridgehead atoms. The molecule has 0 aliphatic carbocycles. The van der Waals surface area contributed by atoms with Crippen LogP contribution in [-0.2, 0) is 4.74 Å². The van der Waals surface area contributed by atoms with Gasteiger partial charge in [-0.05, 0) is 42.6 Å². The van der Waals surface area contributed by atoms with E-state index in [-0.39, 0.29) is 23.8 Å². The van der Waals surface area contributed by atoms with E-state index in [1.54, 1.807) is 45.0 Å². The first-order valence-corrected chi connectivity index (χ1v) is 12.6. The summed E-state index contributed by atoms with van der Waals surface area (Å²) in [5.74, 6) is 0.0707. The lowest BCUT2D eigenvalue weighted by Crippen LogP contribution is -2.45. The third kappa shape index (κ3) is 4.50. The maximum atomic E-state index is 13.6. The average Bonchev–Trinajstić information content (AvgIpc) is 3.48. The molecule has 5 rings (SSSR count). The van der Waals surface area contributed by atoms with Crippen molar-refractivity contribution in [3.05, 3.63) is 98.3 Å². The van der Waals surface area contributed by atoms with E-state index in [1.165, 1.54) is 28.5 Å². The Morgan fingerprint density at radius 3 is 2.61 bits per heavy atom. The smallest absolute Gasteiger partial charge is 0.372 e. The van der Waals surface area contributed by atoms with E-state index in [4.69, 9.17) is 9.15 Å². The summed E-state index contributed by atoms with van der Waals surface area (Å²) in [5.41, 5.74) is 3.23. The highest BCUT2D eigenvalue weighted by molar-refractivity contribution is 8.04. The van der Waals surface area contributed by atoms with Gasteiger partial charge in [-0.2, -0.15) is 0 Å². The van der Waals surface area contributed by atoms with Gasteiger partial charge in [-0.1, -0.05) is 30.3 Å². The number of non-ortho nitro benzene ring substituents is 1. The lowest BCUT2D eigenvalue weighted by atomic mass is 10.0. The number of esters is 1. The number of hydrogen-bond acceptors (Lipinski definition) is 8. The van der Waals surface area contributed by atoms with Gasteiger partial charge in [0, 0.05) is 48.0 Å². The third-order valence-electron chi connectivity index (χ3n) is 6.01. The van der Waals surface area contributed by atoms with Gasteiger partial charge in [-0.3, -0.25) is 10.1 Å². The lowest BCUT2D eigenvalue weighted by molar-refractivity contribution is -0.601. The molecular weight excluding hydrogens is 506 g/mol. The summed E-state index contributed by atoms with van der Waals surface area (Å²) >= 11 is 1.19. The van der Waals surface area contributed by atoms with Gasteiger partial charge in [0.2, 0.25) is 0 Å². The van der Waals surface area contributed by atoms with Crippen molar-refractivity contribution in [1.29, 1.82) is 0 Å². The van der Waals surface area contributed by atoms with Gasteiger partial charge in [-0.25, -0.2) is 9.59 Å². The Morgan fingerprint density at radius 2 is 1.92 bits per heavy atom. The average molecular weight is 529 g/mol. The molecule has 0 amide bonds. The number of ether oxygens (including phenoxy) is 1. The summed E-state index contributed by atoms with van der Waals surface area (Å²) in [4.78, 5) is 42.1. The van der Waals surface area contributed by atoms with Crippen molar-refractivity contribution in [2.75, 3.05) is 6.61 Å². The molecular formula is C28H22N3O6S+. The Labute approximate surface area is 221 Å². The normalized spacial score (nSPS) is 13.6. The predicted octanol–water partition coefficient (Wildman–Crippen LogP) is 5.78. The molecule has 190 valence electrons. The summed E-state index contributed by atoms with van der Waals surface area (Å²) < 4.78 is 12.7. The molecule has 2 aromatic carbocycles. The molecule has 0 unspecified atom stereocenters. The van der Waals surface area contributed by atoms with Gasteiger partial charge in [0.25, 0.3) is 5.69 Å². The topological polar surface area (TPSA) is 116 Å². The first-order chi connectivity index (χ1) is 18.3. The van der Waals surface area contributed by atoms with Crippen LogP contribution in [0.3, 0.4) is 0 Å². The van der Waals surface area contributed by atoms with Crippen LogP contribution >= 0.6 is 11.8 Å². The second kappa shape index (κ2) is 10.1. The number of furan rings is 1. The van der Waals surface area contributed by atoms with Crippen molar-refractivity contribution in [3.63, 3.8) is 0 Å². The number of aryl methyl sites for hydroxylation is 2. The number of nitrogens with zero attached hydrogens (tertiary/aromatic N) is 3. The summed E-state index contributed by atoms with van der Waals surface area (Å²) in [7, 11) is 0. The quantitative estimate of drug-likeness (QED) is 0.0772. The molecule has 38 heavy (non-hydrogen) atoms. The van der Waals surface area contributed by atoms with Crippen LogP contribution in [0.2, 0.25) is 0 Å². The minimum absolute atomic E-state index is 0.00194. The number of thioether (sulfide) groups is 1. The number of carbonyl (C=O) groups excluding carboxylic acids is 2. The molecule has 0 saturated heterocycles. The second-order valence-corrected chi connectivity index (χ2v) is 9.51. The van der Waals surface area contributed by atoms with E-state index >= 15 is 0 Å². The number of benzene rings is 2. The fourth-order valence-corrected chi connectivity index (χ4v) is 5.29. The zero-order chi connectivity index (χ0) is 27.0. The van der Waals surface area contributed by atoms with Gasteiger partial charge >= 0.3 is 17.0 Å².